The molecule has 3 nitrogen and oxygen atoms in total. The average molecular weight is 266 g/mol. The maximum Gasteiger partial charge on any atom is 0.146 e. The molecule has 2 rings (SSSR count). The summed E-state index contributed by atoms with van der Waals surface area (Å²) < 4.78 is 19.3. The van der Waals surface area contributed by atoms with Gasteiger partial charge in [-0.25, -0.2) is 4.39 Å². The molecule has 1 aromatic rings. The first-order chi connectivity index (χ1) is 9.17. The second-order valence-corrected chi connectivity index (χ2v) is 5.45. The highest BCUT2D eigenvalue weighted by atomic mass is 19.1. The summed E-state index contributed by atoms with van der Waals surface area (Å²) in [4.78, 5) is 2.03. The predicted octanol–water partition coefficient (Wildman–Crippen LogP) is 2.28. The Labute approximate surface area is 114 Å². The molecule has 0 amide bonds. The van der Waals surface area contributed by atoms with Crippen LogP contribution in [0, 0.1) is 11.2 Å². The van der Waals surface area contributed by atoms with E-state index in [1.54, 1.807) is 6.07 Å². The standard InChI is InChI=1S/C15H23FN2O/c1-17-11-15(7-9-19-10-8-15)12-18(2)14-6-4-3-5-13(14)16/h3-6,17H,7-12H2,1-2H3. The first kappa shape index (κ1) is 14.3. The van der Waals surface area contributed by atoms with E-state index >= 15 is 0 Å². The van der Waals surface area contributed by atoms with E-state index in [0.717, 1.165) is 39.1 Å². The smallest absolute Gasteiger partial charge is 0.146 e. The Bertz CT molecular complexity index is 399. The Balaban J connectivity index is 2.10. The van der Waals surface area contributed by atoms with Gasteiger partial charge in [-0.15, -0.1) is 0 Å². The van der Waals surface area contributed by atoms with E-state index in [1.807, 2.05) is 31.1 Å². The summed E-state index contributed by atoms with van der Waals surface area (Å²) in [7, 11) is 3.94. The van der Waals surface area contributed by atoms with Crippen LogP contribution in [0.2, 0.25) is 0 Å². The van der Waals surface area contributed by atoms with E-state index in [2.05, 4.69) is 5.32 Å². The van der Waals surface area contributed by atoms with Gasteiger partial charge in [0.1, 0.15) is 5.82 Å². The van der Waals surface area contributed by atoms with Gasteiger partial charge in [0.15, 0.2) is 0 Å². The van der Waals surface area contributed by atoms with E-state index in [0.29, 0.717) is 5.69 Å². The van der Waals surface area contributed by atoms with E-state index in [-0.39, 0.29) is 11.2 Å². The van der Waals surface area contributed by atoms with Crippen LogP contribution in [0.15, 0.2) is 24.3 Å². The summed E-state index contributed by atoms with van der Waals surface area (Å²) in [5.74, 6) is -0.156. The fraction of sp³-hybridized carbons (Fsp3) is 0.600. The third-order valence-electron chi connectivity index (χ3n) is 3.94. The summed E-state index contributed by atoms with van der Waals surface area (Å²) in [5, 5.41) is 3.27. The molecule has 0 unspecified atom stereocenters. The van der Waals surface area contributed by atoms with Crippen LogP contribution >= 0.6 is 0 Å². The molecular formula is C15H23FN2O. The zero-order chi connectivity index (χ0) is 13.7. The fourth-order valence-electron chi connectivity index (χ4n) is 2.92. The summed E-state index contributed by atoms with van der Waals surface area (Å²) in [5.41, 5.74) is 0.841. The third-order valence-corrected chi connectivity index (χ3v) is 3.94. The van der Waals surface area contributed by atoms with Crippen molar-refractivity contribution >= 4 is 5.69 Å². The van der Waals surface area contributed by atoms with Crippen molar-refractivity contribution in [3.05, 3.63) is 30.1 Å². The maximum atomic E-state index is 13.8. The number of halogens is 1. The van der Waals surface area contributed by atoms with Gasteiger partial charge in [-0.3, -0.25) is 0 Å². The normalized spacial score (nSPS) is 18.3. The Kier molecular flexibility index (Phi) is 4.77. The first-order valence-corrected chi connectivity index (χ1v) is 6.85. The van der Waals surface area contributed by atoms with Gasteiger partial charge in [0.25, 0.3) is 0 Å². The summed E-state index contributed by atoms with van der Waals surface area (Å²) in [6, 6.07) is 6.95. The molecule has 0 aromatic heterocycles. The van der Waals surface area contributed by atoms with Crippen molar-refractivity contribution in [2.75, 3.05) is 45.3 Å². The Morgan fingerprint density at radius 3 is 2.63 bits per heavy atom. The topological polar surface area (TPSA) is 24.5 Å². The van der Waals surface area contributed by atoms with Gasteiger partial charge in [-0.2, -0.15) is 0 Å². The first-order valence-electron chi connectivity index (χ1n) is 6.85. The van der Waals surface area contributed by atoms with Crippen LogP contribution in [0.5, 0.6) is 0 Å². The zero-order valence-corrected chi connectivity index (χ0v) is 11.8. The number of hydrogen-bond acceptors (Lipinski definition) is 3. The highest BCUT2D eigenvalue weighted by Crippen LogP contribution is 2.32. The Hall–Kier alpha value is -1.13. The summed E-state index contributed by atoms with van der Waals surface area (Å²) >= 11 is 0. The SMILES string of the molecule is CNCC1(CN(C)c2ccccc2F)CCOCC1. The van der Waals surface area contributed by atoms with Crippen LogP contribution in [0.1, 0.15) is 12.8 Å². The molecule has 19 heavy (non-hydrogen) atoms. The molecule has 0 spiro atoms. The lowest BCUT2D eigenvalue weighted by Crippen LogP contribution is -2.46. The lowest BCUT2D eigenvalue weighted by Gasteiger charge is -2.40. The number of anilines is 1. The van der Waals surface area contributed by atoms with Gasteiger partial charge >= 0.3 is 0 Å². The molecule has 1 heterocycles. The van der Waals surface area contributed by atoms with Crippen LogP contribution in [-0.4, -0.2) is 40.4 Å². The number of ether oxygens (including phenoxy) is 1. The molecule has 0 bridgehead atoms. The number of hydrogen-bond donors (Lipinski definition) is 1. The number of nitrogens with zero attached hydrogens (tertiary/aromatic N) is 1. The average Bonchev–Trinajstić information content (AvgIpc) is 2.40. The molecule has 0 radical (unpaired) electrons. The van der Waals surface area contributed by atoms with Crippen molar-refractivity contribution < 1.29 is 9.13 Å². The van der Waals surface area contributed by atoms with Gasteiger partial charge in [-0.05, 0) is 32.0 Å². The van der Waals surface area contributed by atoms with Gasteiger partial charge in [-0.1, -0.05) is 12.1 Å². The van der Waals surface area contributed by atoms with Crippen molar-refractivity contribution in [1.29, 1.82) is 0 Å². The van der Waals surface area contributed by atoms with Crippen molar-refractivity contribution in [2.45, 2.75) is 12.8 Å². The van der Waals surface area contributed by atoms with Gasteiger partial charge in [0.2, 0.25) is 0 Å². The van der Waals surface area contributed by atoms with Crippen molar-refractivity contribution in [3.8, 4) is 0 Å². The highest BCUT2D eigenvalue weighted by molar-refractivity contribution is 5.47. The van der Waals surface area contributed by atoms with E-state index in [1.165, 1.54) is 6.07 Å². The lowest BCUT2D eigenvalue weighted by molar-refractivity contribution is 0.0196. The minimum atomic E-state index is -0.156. The van der Waals surface area contributed by atoms with E-state index in [4.69, 9.17) is 4.74 Å². The van der Waals surface area contributed by atoms with Crippen LogP contribution in [0.25, 0.3) is 0 Å². The van der Waals surface area contributed by atoms with Crippen LogP contribution in [0.3, 0.4) is 0 Å². The fourth-order valence-corrected chi connectivity index (χ4v) is 2.92. The van der Waals surface area contributed by atoms with Gasteiger partial charge < -0.3 is 15.0 Å². The minimum Gasteiger partial charge on any atom is -0.381 e. The Morgan fingerprint density at radius 1 is 1.32 bits per heavy atom. The molecule has 1 aromatic carbocycles. The molecule has 1 aliphatic heterocycles. The van der Waals surface area contributed by atoms with Crippen LogP contribution < -0.4 is 10.2 Å². The van der Waals surface area contributed by atoms with Crippen molar-refractivity contribution in [1.82, 2.24) is 5.32 Å². The number of nitrogens with one attached hydrogen (secondary N) is 1. The number of benzene rings is 1. The highest BCUT2D eigenvalue weighted by Gasteiger charge is 2.33. The summed E-state index contributed by atoms with van der Waals surface area (Å²) in [6.45, 7) is 3.38. The monoisotopic (exact) mass is 266 g/mol. The molecule has 106 valence electrons. The summed E-state index contributed by atoms with van der Waals surface area (Å²) in [6.07, 6.45) is 2.04. The van der Waals surface area contributed by atoms with Crippen LogP contribution in [0.4, 0.5) is 10.1 Å². The molecule has 0 aliphatic carbocycles. The zero-order valence-electron chi connectivity index (χ0n) is 11.8. The molecule has 1 N–H and O–H groups in total. The van der Waals surface area contributed by atoms with E-state index < -0.39 is 0 Å². The predicted molar refractivity (Wildman–Crippen MR) is 76.1 cm³/mol. The van der Waals surface area contributed by atoms with Crippen molar-refractivity contribution in [2.24, 2.45) is 5.41 Å². The molecule has 0 atom stereocenters. The molecule has 1 saturated heterocycles. The minimum absolute atomic E-state index is 0.156. The molecular weight excluding hydrogens is 243 g/mol. The number of para-hydroxylation sites is 1. The number of rotatable bonds is 5. The second kappa shape index (κ2) is 6.35. The quantitative estimate of drug-likeness (QED) is 0.885. The molecule has 1 aliphatic rings. The molecule has 4 heteroatoms. The lowest BCUT2D eigenvalue weighted by atomic mass is 9.79. The maximum absolute atomic E-state index is 13.8. The second-order valence-electron chi connectivity index (χ2n) is 5.45. The molecule has 1 fully saturated rings. The Morgan fingerprint density at radius 2 is 2.00 bits per heavy atom. The van der Waals surface area contributed by atoms with Crippen LogP contribution in [-0.2, 0) is 4.74 Å². The molecule has 0 saturated carbocycles. The third kappa shape index (κ3) is 3.45. The largest absolute Gasteiger partial charge is 0.381 e. The van der Waals surface area contributed by atoms with E-state index in [9.17, 15) is 4.39 Å². The van der Waals surface area contributed by atoms with Crippen molar-refractivity contribution in [3.63, 3.8) is 0 Å². The van der Waals surface area contributed by atoms with Gasteiger partial charge in [0, 0.05) is 38.8 Å². The van der Waals surface area contributed by atoms with Gasteiger partial charge in [0.05, 0.1) is 5.69 Å².